The Bertz CT molecular complexity index is 2360. The molecule has 346 valence electrons. The lowest BCUT2D eigenvalue weighted by Crippen LogP contribution is -2.58. The van der Waals surface area contributed by atoms with Crippen molar-refractivity contribution in [1.82, 2.24) is 50.3 Å². The number of aromatic amines is 2. The van der Waals surface area contributed by atoms with Gasteiger partial charge in [-0.25, -0.2) is 29.5 Å². The first kappa shape index (κ1) is 49.0. The summed E-state index contributed by atoms with van der Waals surface area (Å²) >= 11 is 0. The lowest BCUT2D eigenvalue weighted by atomic mass is 9.76. The fourth-order valence-electron chi connectivity index (χ4n) is 6.82. The van der Waals surface area contributed by atoms with Gasteiger partial charge >= 0.3 is 12.2 Å². The number of nitrogens with one attached hydrogen (secondary N) is 4. The second kappa shape index (κ2) is 17.1. The van der Waals surface area contributed by atoms with Crippen LogP contribution in [0.4, 0.5) is 9.59 Å². The zero-order valence-corrected chi connectivity index (χ0v) is 40.9. The summed E-state index contributed by atoms with van der Waals surface area (Å²) in [5, 5.41) is 6.31. The Morgan fingerprint density at radius 1 is 0.547 bits per heavy atom. The summed E-state index contributed by atoms with van der Waals surface area (Å²) in [5.74, 6) is 0.779. The molecule has 0 bridgehead atoms. The molecule has 0 spiro atoms. The number of rotatable bonds is 10. The van der Waals surface area contributed by atoms with Crippen molar-refractivity contribution in [2.75, 3.05) is 28.2 Å². The molecule has 4 amide bonds. The van der Waals surface area contributed by atoms with Gasteiger partial charge in [-0.15, -0.1) is 0 Å². The first-order valence-corrected chi connectivity index (χ1v) is 21.5. The maximum absolute atomic E-state index is 14.1. The number of nitrogens with zero attached hydrogens (tertiary/aromatic N) is 6. The van der Waals surface area contributed by atoms with Gasteiger partial charge in [0.1, 0.15) is 11.6 Å². The molecule has 4 atom stereocenters. The predicted molar refractivity (Wildman–Crippen MR) is 249 cm³/mol. The van der Waals surface area contributed by atoms with E-state index in [-0.39, 0.29) is 0 Å². The number of fused-ring (bicyclic) bond motifs is 2. The number of amides is 4. The van der Waals surface area contributed by atoms with Crippen molar-refractivity contribution < 1.29 is 28.7 Å². The van der Waals surface area contributed by atoms with E-state index in [4.69, 9.17) is 29.4 Å². The van der Waals surface area contributed by atoms with E-state index in [0.29, 0.717) is 28.5 Å². The summed E-state index contributed by atoms with van der Waals surface area (Å²) in [6.07, 6.45) is 2.32. The Morgan fingerprint density at radius 3 is 1.25 bits per heavy atom. The van der Waals surface area contributed by atoms with E-state index >= 15 is 0 Å². The molecule has 2 aromatic carbocycles. The summed E-state index contributed by atoms with van der Waals surface area (Å²) in [6.45, 7) is 26.5. The van der Waals surface area contributed by atoms with Crippen molar-refractivity contribution >= 4 is 46.1 Å². The summed E-state index contributed by atoms with van der Waals surface area (Å²) in [7, 11) is 6.32. The van der Waals surface area contributed by atoms with Crippen LogP contribution in [-0.2, 0) is 19.1 Å². The summed E-state index contributed by atoms with van der Waals surface area (Å²) < 4.78 is 11.6. The third-order valence-corrected chi connectivity index (χ3v) is 12.1. The van der Waals surface area contributed by atoms with Crippen molar-refractivity contribution in [3.8, 4) is 22.5 Å². The number of hydrogen-bond donors (Lipinski definition) is 4. The molecule has 0 aliphatic heterocycles. The highest BCUT2D eigenvalue weighted by atomic mass is 16.6. The molecular weight excluding hydrogens is 813 g/mol. The molecule has 0 saturated carbocycles. The second-order valence-corrected chi connectivity index (χ2v) is 21.6. The molecule has 0 aliphatic carbocycles. The number of hydrogen-bond acceptors (Lipinski definition) is 10. The van der Waals surface area contributed by atoms with E-state index in [9.17, 15) is 19.2 Å². The molecule has 4 N–H and O–H groups in total. The zero-order chi connectivity index (χ0) is 48.1. The maximum Gasteiger partial charge on any atom is 0.410 e. The van der Waals surface area contributed by atoms with Crippen LogP contribution in [0.5, 0.6) is 0 Å². The number of H-pyrrole nitrogens is 2. The Morgan fingerprint density at radius 2 is 0.906 bits per heavy atom. The highest BCUT2D eigenvalue weighted by molar-refractivity contribution is 5.90. The fourth-order valence-corrected chi connectivity index (χ4v) is 6.82. The molecule has 5 aromatic rings. The molecular formula is C48H68N10O6. The minimum Gasteiger partial charge on any atom is -0.432 e. The van der Waals surface area contributed by atoms with Crippen molar-refractivity contribution in [2.45, 2.75) is 120 Å². The van der Waals surface area contributed by atoms with Crippen LogP contribution in [0, 0.1) is 21.7 Å². The van der Waals surface area contributed by atoms with Gasteiger partial charge in [0.15, 0.2) is 17.0 Å². The minimum atomic E-state index is -1.48. The number of carbonyl (C=O) groups excluding carboxylic acids is 4. The summed E-state index contributed by atoms with van der Waals surface area (Å²) in [5.41, 5.74) is -0.00732. The minimum absolute atomic E-state index is 0.427. The van der Waals surface area contributed by atoms with Gasteiger partial charge in [0.2, 0.25) is 0 Å². The highest BCUT2D eigenvalue weighted by Gasteiger charge is 2.51. The van der Waals surface area contributed by atoms with E-state index in [0.717, 1.165) is 27.7 Å². The predicted octanol–water partition coefficient (Wildman–Crippen LogP) is 8.98. The first-order valence-electron chi connectivity index (χ1n) is 21.5. The van der Waals surface area contributed by atoms with Crippen LogP contribution >= 0.6 is 0 Å². The number of imidazole rings is 2. The van der Waals surface area contributed by atoms with Crippen molar-refractivity contribution in [2.24, 2.45) is 21.7 Å². The molecule has 64 heavy (non-hydrogen) atoms. The van der Waals surface area contributed by atoms with Gasteiger partial charge in [0.05, 0.1) is 34.2 Å². The third kappa shape index (κ3) is 10.0. The monoisotopic (exact) mass is 881 g/mol. The maximum atomic E-state index is 14.1. The van der Waals surface area contributed by atoms with Gasteiger partial charge < -0.3 is 39.9 Å². The Hall–Kier alpha value is -6.06. The van der Waals surface area contributed by atoms with Gasteiger partial charge in [-0.05, 0) is 60.6 Å². The Kier molecular flexibility index (Phi) is 13.1. The van der Waals surface area contributed by atoms with Crippen molar-refractivity contribution in [1.29, 1.82) is 0 Å². The molecule has 3 aromatic heterocycles. The molecule has 5 rings (SSSR count). The number of aromatic nitrogens is 6. The highest BCUT2D eigenvalue weighted by Crippen LogP contribution is 2.40. The topological polar surface area (TPSA) is 200 Å². The van der Waals surface area contributed by atoms with E-state index in [2.05, 4.69) is 20.6 Å². The summed E-state index contributed by atoms with van der Waals surface area (Å²) in [4.78, 5) is 82.2. The normalized spacial score (nSPS) is 15.4. The van der Waals surface area contributed by atoms with Gasteiger partial charge in [-0.2, -0.15) is 0 Å². The van der Waals surface area contributed by atoms with E-state index in [1.54, 1.807) is 54.4 Å². The van der Waals surface area contributed by atoms with Gasteiger partial charge in [-0.3, -0.25) is 9.59 Å². The molecule has 0 radical (unpaired) electrons. The molecule has 0 aliphatic rings. The van der Waals surface area contributed by atoms with E-state index in [1.807, 2.05) is 119 Å². The van der Waals surface area contributed by atoms with Crippen LogP contribution in [0.1, 0.15) is 121 Å². The first-order chi connectivity index (χ1) is 29.3. The Labute approximate surface area is 377 Å². The van der Waals surface area contributed by atoms with Gasteiger partial charge in [0, 0.05) is 62.5 Å². The Balaban J connectivity index is 1.39. The third-order valence-electron chi connectivity index (χ3n) is 12.1. The quantitative estimate of drug-likeness (QED) is 0.105. The molecule has 16 nitrogen and oxygen atoms in total. The average molecular weight is 881 g/mol. The van der Waals surface area contributed by atoms with Crippen molar-refractivity contribution in [3.63, 3.8) is 0 Å². The lowest BCUT2D eigenvalue weighted by Gasteiger charge is -2.42. The standard InChI is InChI=1S/C48H68N10O6/c1-43(2,3)34(55-39(59)47(13,45(7,8)9)63-41(61)57(15)16)37-51-30-21-19-27(23-32(30)53-37)29-25-49-36(50-26-29)28-20-22-31-33(24-28)54-38(52-31)35(44(4,5)6)56-40(60)48(14,46(10,11)12)64-42(62)58(17)18/h19-26,34-35H,1-18H3,(H,51,53)(H,52,54)(H,55,59)(H,56,60)/t34-,35-,47+,48+/m1/s1. The van der Waals surface area contributed by atoms with Crippen LogP contribution in [0.2, 0.25) is 0 Å². The van der Waals surface area contributed by atoms with E-state index in [1.165, 1.54) is 9.80 Å². The van der Waals surface area contributed by atoms with Crippen LogP contribution in [0.3, 0.4) is 0 Å². The van der Waals surface area contributed by atoms with Crippen LogP contribution in [0.15, 0.2) is 48.8 Å². The molecule has 3 heterocycles. The van der Waals surface area contributed by atoms with Crippen LogP contribution in [0.25, 0.3) is 44.6 Å². The smallest absolute Gasteiger partial charge is 0.410 e. The molecule has 0 unspecified atom stereocenters. The van der Waals surface area contributed by atoms with Crippen molar-refractivity contribution in [3.05, 3.63) is 60.4 Å². The van der Waals surface area contributed by atoms with Crippen LogP contribution in [-0.4, -0.2) is 103 Å². The zero-order valence-electron chi connectivity index (χ0n) is 40.9. The lowest BCUT2D eigenvalue weighted by molar-refractivity contribution is -0.153. The molecule has 16 heteroatoms. The largest absolute Gasteiger partial charge is 0.432 e. The molecule has 0 fully saturated rings. The van der Waals surface area contributed by atoms with Gasteiger partial charge in [0.25, 0.3) is 11.8 Å². The SMILES string of the molecule is CN(C)C(=O)O[C@@](C)(C(=O)N[C@H](c1nc2ccc(-c3cnc(-c4ccc5nc([C@@H](NC(=O)[C@](C)(OC(=O)N(C)C)C(C)(C)C)C(C)(C)C)[nH]c5c4)nc3)cc2[nH]1)C(C)(C)C)C(C)(C)C. The van der Waals surface area contributed by atoms with E-state index < -0.39 is 68.9 Å². The second-order valence-electron chi connectivity index (χ2n) is 21.6. The number of benzene rings is 2. The molecule has 0 saturated heterocycles. The average Bonchev–Trinajstić information content (AvgIpc) is 3.80. The fraction of sp³-hybridized carbons (Fsp3) is 0.542. The van der Waals surface area contributed by atoms with Crippen LogP contribution < -0.4 is 10.6 Å². The van der Waals surface area contributed by atoms with Gasteiger partial charge in [-0.1, -0.05) is 89.2 Å². The summed E-state index contributed by atoms with van der Waals surface area (Å²) in [6, 6.07) is 10.4. The number of carbonyl (C=O) groups is 4. The number of ether oxygens (including phenoxy) is 2.